The van der Waals surface area contributed by atoms with Crippen molar-refractivity contribution in [3.8, 4) is 0 Å². The fourth-order valence-electron chi connectivity index (χ4n) is 1.25. The second-order valence-electron chi connectivity index (χ2n) is 4.82. The molecule has 0 fully saturated rings. The number of rotatable bonds is 6. The molecule has 0 aliphatic heterocycles. The van der Waals surface area contributed by atoms with Crippen molar-refractivity contribution in [1.82, 2.24) is 4.98 Å². The number of pyridine rings is 1. The summed E-state index contributed by atoms with van der Waals surface area (Å²) in [6.07, 6.45) is 0.901. The molecular weight excluding hydrogens is 254 g/mol. The summed E-state index contributed by atoms with van der Waals surface area (Å²) in [4.78, 5) is 24.6. The van der Waals surface area contributed by atoms with E-state index in [4.69, 9.17) is 10.2 Å². The van der Waals surface area contributed by atoms with Gasteiger partial charge in [-0.15, -0.1) is 0 Å². The molecule has 0 radical (unpaired) electrons. The van der Waals surface area contributed by atoms with Crippen LogP contribution < -0.4 is 5.32 Å². The molecule has 104 valence electrons. The molecule has 8 nitrogen and oxygen atoms in total. The molecule has 19 heavy (non-hydrogen) atoms. The number of nitrogens with zero attached hydrogens (tertiary/aromatic N) is 2. The van der Waals surface area contributed by atoms with Crippen molar-refractivity contribution in [2.75, 3.05) is 18.5 Å². The van der Waals surface area contributed by atoms with Crippen molar-refractivity contribution in [3.63, 3.8) is 0 Å². The minimum absolute atomic E-state index is 0.0568. The largest absolute Gasteiger partial charge is 0.477 e. The highest BCUT2D eigenvalue weighted by atomic mass is 16.6. The van der Waals surface area contributed by atoms with Gasteiger partial charge in [-0.2, -0.15) is 0 Å². The van der Waals surface area contributed by atoms with Gasteiger partial charge in [0.05, 0.1) is 4.92 Å². The number of aromatic carboxylic acids is 1. The molecule has 0 aliphatic carbocycles. The monoisotopic (exact) mass is 269 g/mol. The van der Waals surface area contributed by atoms with Crippen LogP contribution in [0.2, 0.25) is 0 Å². The van der Waals surface area contributed by atoms with Gasteiger partial charge in [0, 0.05) is 24.6 Å². The van der Waals surface area contributed by atoms with Crippen LogP contribution in [0.5, 0.6) is 0 Å². The molecule has 0 saturated carbocycles. The summed E-state index contributed by atoms with van der Waals surface area (Å²) < 4.78 is 0. The zero-order valence-electron chi connectivity index (χ0n) is 10.6. The Bertz CT molecular complexity index is 501. The van der Waals surface area contributed by atoms with E-state index in [9.17, 15) is 14.9 Å². The quantitative estimate of drug-likeness (QED) is 0.521. The molecule has 0 amide bonds. The van der Waals surface area contributed by atoms with Crippen molar-refractivity contribution in [2.24, 2.45) is 5.41 Å². The number of carboxylic acids is 1. The lowest BCUT2D eigenvalue weighted by Gasteiger charge is -2.22. The fourth-order valence-corrected chi connectivity index (χ4v) is 1.25. The molecule has 3 N–H and O–H groups in total. The highest BCUT2D eigenvalue weighted by molar-refractivity contribution is 5.93. The van der Waals surface area contributed by atoms with Gasteiger partial charge in [0.1, 0.15) is 17.6 Å². The summed E-state index contributed by atoms with van der Waals surface area (Å²) in [6.45, 7) is 3.92. The Morgan fingerprint density at radius 2 is 2.21 bits per heavy atom. The van der Waals surface area contributed by atoms with Crippen LogP contribution in [0.15, 0.2) is 12.3 Å². The summed E-state index contributed by atoms with van der Waals surface area (Å²) in [6, 6.07) is 1.11. The smallest absolute Gasteiger partial charge is 0.342 e. The summed E-state index contributed by atoms with van der Waals surface area (Å²) in [7, 11) is 0. The lowest BCUT2D eigenvalue weighted by Crippen LogP contribution is -2.27. The minimum Gasteiger partial charge on any atom is -0.477 e. The first-order valence-electron chi connectivity index (χ1n) is 5.49. The van der Waals surface area contributed by atoms with Gasteiger partial charge >= 0.3 is 11.7 Å². The molecule has 1 rings (SSSR count). The number of aliphatic hydroxyl groups excluding tert-OH is 1. The van der Waals surface area contributed by atoms with E-state index in [-0.39, 0.29) is 12.4 Å². The zero-order chi connectivity index (χ0) is 14.6. The molecule has 0 aromatic carbocycles. The first-order valence-corrected chi connectivity index (χ1v) is 5.49. The Hall–Kier alpha value is -2.22. The first kappa shape index (κ1) is 14.8. The summed E-state index contributed by atoms with van der Waals surface area (Å²) in [5.41, 5.74) is -1.39. The number of aliphatic hydroxyl groups is 1. The summed E-state index contributed by atoms with van der Waals surface area (Å²) >= 11 is 0. The van der Waals surface area contributed by atoms with Crippen LogP contribution in [0.3, 0.4) is 0 Å². The molecule has 8 heteroatoms. The molecule has 0 spiro atoms. The number of anilines is 1. The predicted octanol–water partition coefficient (Wildman–Crippen LogP) is 1.12. The second-order valence-corrected chi connectivity index (χ2v) is 4.82. The SMILES string of the molecule is CC(C)(CO)CNc1cc(C(=O)O)c([N+](=O)[O-])cn1. The maximum absolute atomic E-state index is 10.9. The van der Waals surface area contributed by atoms with E-state index in [1.807, 2.05) is 13.8 Å². The molecule has 0 unspecified atom stereocenters. The Balaban J connectivity index is 2.97. The Kier molecular flexibility index (Phi) is 4.38. The van der Waals surface area contributed by atoms with Gasteiger partial charge < -0.3 is 15.5 Å². The fraction of sp³-hybridized carbons (Fsp3) is 0.455. The van der Waals surface area contributed by atoms with Crippen LogP contribution >= 0.6 is 0 Å². The van der Waals surface area contributed by atoms with Gasteiger partial charge in [-0.3, -0.25) is 10.1 Å². The molecule has 0 bridgehead atoms. The number of carboxylic acid groups (broad SMARTS) is 1. The topological polar surface area (TPSA) is 126 Å². The molecule has 1 aromatic heterocycles. The number of hydrogen-bond acceptors (Lipinski definition) is 6. The van der Waals surface area contributed by atoms with E-state index in [0.29, 0.717) is 6.54 Å². The van der Waals surface area contributed by atoms with Crippen LogP contribution in [0, 0.1) is 15.5 Å². The Morgan fingerprint density at radius 3 is 2.68 bits per heavy atom. The predicted molar refractivity (Wildman–Crippen MR) is 67.2 cm³/mol. The highest BCUT2D eigenvalue weighted by Crippen LogP contribution is 2.21. The van der Waals surface area contributed by atoms with Gasteiger partial charge in [0.25, 0.3) is 0 Å². The Labute approximate surface area is 109 Å². The summed E-state index contributed by atoms with van der Waals surface area (Å²) in [5.74, 6) is -1.18. The number of nitro groups is 1. The normalized spacial score (nSPS) is 11.1. The van der Waals surface area contributed by atoms with Crippen molar-refractivity contribution in [3.05, 3.63) is 27.9 Å². The van der Waals surface area contributed by atoms with Crippen LogP contribution in [0.25, 0.3) is 0 Å². The average molecular weight is 269 g/mol. The highest BCUT2D eigenvalue weighted by Gasteiger charge is 2.22. The first-order chi connectivity index (χ1) is 8.76. The van der Waals surface area contributed by atoms with Gasteiger partial charge in [-0.25, -0.2) is 9.78 Å². The van der Waals surface area contributed by atoms with Gasteiger partial charge in [0.2, 0.25) is 0 Å². The second kappa shape index (κ2) is 5.61. The maximum Gasteiger partial charge on any atom is 0.342 e. The third kappa shape index (κ3) is 3.88. The number of hydrogen-bond donors (Lipinski definition) is 3. The van der Waals surface area contributed by atoms with Crippen LogP contribution in [-0.2, 0) is 0 Å². The van der Waals surface area contributed by atoms with Crippen LogP contribution in [-0.4, -0.2) is 39.2 Å². The lowest BCUT2D eigenvalue weighted by atomic mass is 9.95. The Morgan fingerprint density at radius 1 is 1.58 bits per heavy atom. The van der Waals surface area contributed by atoms with E-state index in [0.717, 1.165) is 12.3 Å². The molecule has 0 atom stereocenters. The molecule has 1 aromatic rings. The van der Waals surface area contributed by atoms with Gasteiger partial charge in [-0.05, 0) is 0 Å². The van der Waals surface area contributed by atoms with Crippen molar-refractivity contribution in [1.29, 1.82) is 0 Å². The molecular formula is C11H15N3O5. The number of carbonyl (C=O) groups is 1. The standard InChI is InChI=1S/C11H15N3O5/c1-11(2,6-15)5-13-9-3-7(10(16)17)8(4-12-9)14(18)19/h3-4,15H,5-6H2,1-2H3,(H,12,13)(H,16,17). The lowest BCUT2D eigenvalue weighted by molar-refractivity contribution is -0.385. The molecule has 1 heterocycles. The van der Waals surface area contributed by atoms with Crippen LogP contribution in [0.1, 0.15) is 24.2 Å². The average Bonchev–Trinajstić information content (AvgIpc) is 2.36. The van der Waals surface area contributed by atoms with E-state index in [1.54, 1.807) is 0 Å². The maximum atomic E-state index is 10.9. The minimum atomic E-state index is -1.39. The van der Waals surface area contributed by atoms with E-state index in [1.165, 1.54) is 0 Å². The van der Waals surface area contributed by atoms with E-state index in [2.05, 4.69) is 10.3 Å². The van der Waals surface area contributed by atoms with Crippen molar-refractivity contribution in [2.45, 2.75) is 13.8 Å². The van der Waals surface area contributed by atoms with Crippen LogP contribution in [0.4, 0.5) is 11.5 Å². The van der Waals surface area contributed by atoms with Gasteiger partial charge in [-0.1, -0.05) is 13.8 Å². The molecule has 0 aliphatic rings. The third-order valence-corrected chi connectivity index (χ3v) is 2.49. The van der Waals surface area contributed by atoms with E-state index < -0.39 is 27.6 Å². The van der Waals surface area contributed by atoms with Crippen molar-refractivity contribution >= 4 is 17.5 Å². The number of aromatic nitrogens is 1. The third-order valence-electron chi connectivity index (χ3n) is 2.49. The number of nitrogens with one attached hydrogen (secondary N) is 1. The van der Waals surface area contributed by atoms with E-state index >= 15 is 0 Å². The van der Waals surface area contributed by atoms with Gasteiger partial charge in [0.15, 0.2) is 0 Å². The molecule has 0 saturated heterocycles. The zero-order valence-corrected chi connectivity index (χ0v) is 10.6. The summed E-state index contributed by atoms with van der Waals surface area (Å²) in [5, 5.41) is 31.5. The van der Waals surface area contributed by atoms with Crippen molar-refractivity contribution < 1.29 is 19.9 Å².